The monoisotopic (exact) mass is 258 g/mol. The van der Waals surface area contributed by atoms with Crippen LogP contribution in [-0.2, 0) is 0 Å². The van der Waals surface area contributed by atoms with Gasteiger partial charge < -0.3 is 10.6 Å². The molecule has 0 rings (SSSR count). The number of carbonyl (C=O) groups excluding carboxylic acids is 2. The molecule has 0 aromatic rings. The summed E-state index contributed by atoms with van der Waals surface area (Å²) in [5.74, 6) is 0. The van der Waals surface area contributed by atoms with Crippen LogP contribution in [0.25, 0.3) is 0 Å². The van der Waals surface area contributed by atoms with Gasteiger partial charge in [0.2, 0.25) is 0 Å². The predicted octanol–water partition coefficient (Wildman–Crippen LogP) is 3.29. The molecule has 0 fully saturated rings. The van der Waals surface area contributed by atoms with Crippen LogP contribution in [0.3, 0.4) is 0 Å². The van der Waals surface area contributed by atoms with Gasteiger partial charge in [-0.2, -0.15) is 0 Å². The van der Waals surface area contributed by atoms with Crippen LogP contribution in [-0.4, -0.2) is 37.1 Å². The Morgan fingerprint density at radius 3 is 1.00 bits per heavy atom. The highest BCUT2D eigenvalue weighted by Gasteiger charge is 1.85. The summed E-state index contributed by atoms with van der Waals surface area (Å²) < 4.78 is 0. The minimum atomic E-state index is 0. The number of nitrogens with one attached hydrogen (secondary N) is 2. The molecule has 0 aliphatic heterocycles. The number of thioether (sulfide) groups is 2. The second-order valence-corrected chi connectivity index (χ2v) is 3.04. The van der Waals surface area contributed by atoms with Gasteiger partial charge in [0, 0.05) is 14.1 Å². The Bertz CT molecular complexity index is 116. The van der Waals surface area contributed by atoms with Crippen molar-refractivity contribution in [3.63, 3.8) is 0 Å². The first kappa shape index (κ1) is 29.3. The Balaban J connectivity index is -0.0000000370. The van der Waals surface area contributed by atoms with Crippen LogP contribution in [0, 0.1) is 0 Å². The Morgan fingerprint density at radius 1 is 0.800 bits per heavy atom. The van der Waals surface area contributed by atoms with Crippen LogP contribution in [0.15, 0.2) is 0 Å². The first-order valence-corrected chi connectivity index (χ1v) is 5.58. The van der Waals surface area contributed by atoms with Crippen LogP contribution in [0.1, 0.15) is 22.3 Å². The zero-order valence-corrected chi connectivity index (χ0v) is 9.27. The third-order valence-electron chi connectivity index (χ3n) is 0.779. The molecule has 0 radical (unpaired) electrons. The molecule has 6 heteroatoms. The van der Waals surface area contributed by atoms with Crippen LogP contribution < -0.4 is 10.6 Å². The maximum absolute atomic E-state index is 10.0. The van der Waals surface area contributed by atoms with E-state index in [1.54, 1.807) is 26.6 Å². The standard InChI is InChI=1S/2C3H7NOS.3CH4/c2*1-4-3(5)6-2;;;/h2*1-2H3,(H,4,5);3*1H4. The zero-order chi connectivity index (χ0) is 9.98. The summed E-state index contributed by atoms with van der Waals surface area (Å²) >= 11 is 2.35. The van der Waals surface area contributed by atoms with E-state index >= 15 is 0 Å². The van der Waals surface area contributed by atoms with E-state index in [-0.39, 0.29) is 32.8 Å². The fourth-order valence-corrected chi connectivity index (χ4v) is 0.612. The lowest BCUT2D eigenvalue weighted by Gasteiger charge is -1.86. The minimum absolute atomic E-state index is 0. The van der Waals surface area contributed by atoms with Crippen molar-refractivity contribution in [2.45, 2.75) is 22.3 Å². The Hall–Kier alpha value is -0.360. The van der Waals surface area contributed by atoms with Gasteiger partial charge in [-0.25, -0.2) is 0 Å². The van der Waals surface area contributed by atoms with Crippen molar-refractivity contribution in [1.29, 1.82) is 0 Å². The number of hydrogen-bond acceptors (Lipinski definition) is 4. The van der Waals surface area contributed by atoms with E-state index < -0.39 is 0 Å². The third-order valence-corrected chi connectivity index (χ3v) is 1.93. The van der Waals surface area contributed by atoms with Gasteiger partial charge in [-0.05, 0) is 12.5 Å². The van der Waals surface area contributed by atoms with Crippen LogP contribution in [0.5, 0.6) is 0 Å². The van der Waals surface area contributed by atoms with E-state index in [9.17, 15) is 9.59 Å². The minimum Gasteiger partial charge on any atom is -0.350 e. The van der Waals surface area contributed by atoms with E-state index in [0.29, 0.717) is 0 Å². The van der Waals surface area contributed by atoms with Crippen molar-refractivity contribution in [1.82, 2.24) is 10.6 Å². The molecule has 0 saturated carbocycles. The second kappa shape index (κ2) is 23.5. The van der Waals surface area contributed by atoms with Crippen molar-refractivity contribution < 1.29 is 9.59 Å². The quantitative estimate of drug-likeness (QED) is 0.700. The summed E-state index contributed by atoms with van der Waals surface area (Å²) in [6, 6.07) is 0. The zero-order valence-electron chi connectivity index (χ0n) is 7.63. The van der Waals surface area contributed by atoms with Gasteiger partial charge in [0.1, 0.15) is 0 Å². The van der Waals surface area contributed by atoms with Gasteiger partial charge in [-0.1, -0.05) is 45.8 Å². The highest BCUT2D eigenvalue weighted by Crippen LogP contribution is 1.89. The maximum atomic E-state index is 10.0. The molecular weight excluding hydrogens is 232 g/mol. The van der Waals surface area contributed by atoms with Gasteiger partial charge in [-0.3, -0.25) is 9.59 Å². The van der Waals surface area contributed by atoms with Crippen molar-refractivity contribution in [3.8, 4) is 0 Å². The van der Waals surface area contributed by atoms with Crippen LogP contribution in [0.2, 0.25) is 0 Å². The van der Waals surface area contributed by atoms with Crippen LogP contribution >= 0.6 is 23.5 Å². The van der Waals surface area contributed by atoms with Gasteiger partial charge in [0.05, 0.1) is 0 Å². The molecule has 0 saturated heterocycles. The summed E-state index contributed by atoms with van der Waals surface area (Å²) in [6.45, 7) is 0. The Labute approximate surface area is 103 Å². The normalized spacial score (nSPS) is 6.13. The van der Waals surface area contributed by atoms with E-state index in [2.05, 4.69) is 10.6 Å². The van der Waals surface area contributed by atoms with Gasteiger partial charge in [0.15, 0.2) is 0 Å². The van der Waals surface area contributed by atoms with E-state index in [4.69, 9.17) is 0 Å². The summed E-state index contributed by atoms with van der Waals surface area (Å²) in [4.78, 5) is 20.1. The number of amides is 2. The van der Waals surface area contributed by atoms with Crippen molar-refractivity contribution in [3.05, 3.63) is 0 Å². The first-order chi connectivity index (χ1) is 5.62. The van der Waals surface area contributed by atoms with Gasteiger partial charge in [0.25, 0.3) is 10.5 Å². The summed E-state index contributed by atoms with van der Waals surface area (Å²) in [7, 11) is 3.22. The second-order valence-electron chi connectivity index (χ2n) is 1.48. The Kier molecular flexibility index (Phi) is 45.8. The molecule has 0 spiro atoms. The first-order valence-electron chi connectivity index (χ1n) is 3.13. The van der Waals surface area contributed by atoms with Crippen molar-refractivity contribution >= 4 is 34.0 Å². The fourth-order valence-electron chi connectivity index (χ4n) is 0.204. The summed E-state index contributed by atoms with van der Waals surface area (Å²) in [5.41, 5.74) is 0. The molecule has 0 aliphatic carbocycles. The number of carbonyl (C=O) groups is 2. The average molecular weight is 258 g/mol. The lowest BCUT2D eigenvalue weighted by Crippen LogP contribution is -2.09. The van der Waals surface area contributed by atoms with E-state index in [0.717, 1.165) is 0 Å². The third kappa shape index (κ3) is 31.7. The van der Waals surface area contributed by atoms with Gasteiger partial charge in [-0.15, -0.1) is 0 Å². The van der Waals surface area contributed by atoms with Gasteiger partial charge >= 0.3 is 0 Å². The lowest BCUT2D eigenvalue weighted by molar-refractivity contribution is 0.261. The Morgan fingerprint density at radius 2 is 1.00 bits per heavy atom. The topological polar surface area (TPSA) is 58.2 Å². The predicted molar refractivity (Wildman–Crippen MR) is 76.1 cm³/mol. The molecule has 0 aromatic carbocycles. The van der Waals surface area contributed by atoms with Crippen molar-refractivity contribution in [2.75, 3.05) is 26.6 Å². The molecule has 0 bridgehead atoms. The van der Waals surface area contributed by atoms with E-state index in [1.807, 2.05) is 0 Å². The molecule has 0 unspecified atom stereocenters. The fraction of sp³-hybridized carbons (Fsp3) is 0.778. The molecule has 0 heterocycles. The van der Waals surface area contributed by atoms with Crippen LogP contribution in [0.4, 0.5) is 9.59 Å². The average Bonchev–Trinajstić information content (AvgIpc) is 2.16. The molecule has 4 nitrogen and oxygen atoms in total. The molecule has 0 aliphatic rings. The van der Waals surface area contributed by atoms with E-state index in [1.165, 1.54) is 23.5 Å². The molecule has 0 aromatic heterocycles. The largest absolute Gasteiger partial charge is 0.350 e. The maximum Gasteiger partial charge on any atom is 0.278 e. The summed E-state index contributed by atoms with van der Waals surface area (Å²) in [6.07, 6.45) is 3.47. The highest BCUT2D eigenvalue weighted by atomic mass is 32.2. The number of rotatable bonds is 0. The lowest BCUT2D eigenvalue weighted by atomic mass is 11.2. The van der Waals surface area contributed by atoms with Crippen molar-refractivity contribution in [2.24, 2.45) is 0 Å². The molecule has 0 atom stereocenters. The number of hydrogen-bond donors (Lipinski definition) is 2. The molecular formula is C9H26N2O2S2. The molecule has 96 valence electrons. The molecule has 2 amide bonds. The summed E-state index contributed by atoms with van der Waals surface area (Å²) in [5, 5.41) is 4.90. The smallest absolute Gasteiger partial charge is 0.278 e. The highest BCUT2D eigenvalue weighted by molar-refractivity contribution is 8.13. The molecule has 2 N–H and O–H groups in total. The molecule has 15 heavy (non-hydrogen) atoms. The SMILES string of the molecule is C.C.C.CNC(=O)SC.CNC(=O)SC.